The van der Waals surface area contributed by atoms with Crippen LogP contribution >= 0.6 is 0 Å². The second-order valence-corrected chi connectivity index (χ2v) is 5.75. The van der Waals surface area contributed by atoms with E-state index in [-0.39, 0.29) is 0 Å². The van der Waals surface area contributed by atoms with Crippen molar-refractivity contribution in [2.45, 2.75) is 71.1 Å². The van der Waals surface area contributed by atoms with Crippen LogP contribution in [-0.4, -0.2) is 0 Å². The van der Waals surface area contributed by atoms with Crippen LogP contribution < -0.4 is 0 Å². The quantitative estimate of drug-likeness (QED) is 0.606. The SMILES string of the molecule is CC1CCCC1CCC1CCCCC1. The van der Waals surface area contributed by atoms with E-state index < -0.39 is 0 Å². The molecule has 0 aliphatic heterocycles. The van der Waals surface area contributed by atoms with E-state index in [0.29, 0.717) is 0 Å². The molecule has 0 heteroatoms. The Morgan fingerprint density at radius 3 is 2.21 bits per heavy atom. The fourth-order valence-electron chi connectivity index (χ4n) is 3.58. The van der Waals surface area contributed by atoms with E-state index in [1.807, 2.05) is 0 Å². The molecule has 0 aromatic carbocycles. The number of rotatable bonds is 3. The third-order valence-electron chi connectivity index (χ3n) is 4.71. The molecule has 0 N–H and O–H groups in total. The van der Waals surface area contributed by atoms with Crippen LogP contribution in [-0.2, 0) is 0 Å². The Kier molecular flexibility index (Phi) is 3.89. The summed E-state index contributed by atoms with van der Waals surface area (Å²) in [6.45, 7) is 2.47. The van der Waals surface area contributed by atoms with Crippen LogP contribution in [0.5, 0.6) is 0 Å². The maximum absolute atomic E-state index is 2.47. The maximum atomic E-state index is 2.47. The van der Waals surface area contributed by atoms with Crippen molar-refractivity contribution in [1.82, 2.24) is 0 Å². The molecule has 2 atom stereocenters. The van der Waals surface area contributed by atoms with E-state index >= 15 is 0 Å². The zero-order valence-electron chi connectivity index (χ0n) is 9.80. The van der Waals surface area contributed by atoms with Gasteiger partial charge in [0.25, 0.3) is 0 Å². The fourth-order valence-corrected chi connectivity index (χ4v) is 3.58. The summed E-state index contributed by atoms with van der Waals surface area (Å²) in [6, 6.07) is 0. The summed E-state index contributed by atoms with van der Waals surface area (Å²) in [4.78, 5) is 0. The summed E-state index contributed by atoms with van der Waals surface area (Å²) >= 11 is 0. The molecule has 0 amide bonds. The predicted molar refractivity (Wildman–Crippen MR) is 62.3 cm³/mol. The van der Waals surface area contributed by atoms with Crippen LogP contribution in [0.15, 0.2) is 0 Å². The summed E-state index contributed by atoms with van der Waals surface area (Å²) in [5, 5.41) is 0. The van der Waals surface area contributed by atoms with Crippen LogP contribution in [0.4, 0.5) is 0 Å². The smallest absolute Gasteiger partial charge is 0.0388 e. The fraction of sp³-hybridized carbons (Fsp3) is 1.00. The molecule has 82 valence electrons. The van der Waals surface area contributed by atoms with Crippen molar-refractivity contribution < 1.29 is 0 Å². The first-order chi connectivity index (χ1) is 6.86. The van der Waals surface area contributed by atoms with E-state index in [4.69, 9.17) is 0 Å². The summed E-state index contributed by atoms with van der Waals surface area (Å²) in [7, 11) is 0. The van der Waals surface area contributed by atoms with Crippen molar-refractivity contribution in [2.75, 3.05) is 0 Å². The van der Waals surface area contributed by atoms with Gasteiger partial charge in [-0.2, -0.15) is 0 Å². The summed E-state index contributed by atoms with van der Waals surface area (Å²) in [6.07, 6.45) is 15.3. The predicted octanol–water partition coefficient (Wildman–Crippen LogP) is 4.78. The molecule has 0 saturated heterocycles. The van der Waals surface area contributed by atoms with Gasteiger partial charge >= 0.3 is 0 Å². The van der Waals surface area contributed by atoms with E-state index in [1.165, 1.54) is 38.5 Å². The Bertz CT molecular complexity index is 155. The van der Waals surface area contributed by atoms with Gasteiger partial charge in [0, 0.05) is 0 Å². The van der Waals surface area contributed by atoms with Crippen molar-refractivity contribution in [2.24, 2.45) is 17.8 Å². The molecule has 0 nitrogen and oxygen atoms in total. The lowest BCUT2D eigenvalue weighted by Gasteiger charge is -2.24. The number of hydrogen-bond acceptors (Lipinski definition) is 0. The minimum Gasteiger partial charge on any atom is -0.0622 e. The Hall–Kier alpha value is 0. The van der Waals surface area contributed by atoms with Crippen LogP contribution in [0.25, 0.3) is 0 Å². The van der Waals surface area contributed by atoms with Crippen molar-refractivity contribution in [3.8, 4) is 0 Å². The van der Waals surface area contributed by atoms with E-state index in [2.05, 4.69) is 6.92 Å². The molecule has 2 aliphatic rings. The van der Waals surface area contributed by atoms with E-state index in [9.17, 15) is 0 Å². The lowest BCUT2D eigenvalue weighted by molar-refractivity contribution is 0.288. The van der Waals surface area contributed by atoms with Crippen LogP contribution in [0.2, 0.25) is 0 Å². The minimum absolute atomic E-state index is 1.04. The third kappa shape index (κ3) is 2.74. The zero-order valence-corrected chi connectivity index (χ0v) is 9.80. The first-order valence-electron chi connectivity index (χ1n) is 6.86. The molecule has 14 heavy (non-hydrogen) atoms. The highest BCUT2D eigenvalue weighted by Gasteiger charge is 2.24. The van der Waals surface area contributed by atoms with Crippen molar-refractivity contribution >= 4 is 0 Å². The second kappa shape index (κ2) is 5.19. The lowest BCUT2D eigenvalue weighted by Crippen LogP contribution is -2.10. The standard InChI is InChI=1S/C14H26/c1-12-6-5-9-14(12)11-10-13-7-3-2-4-8-13/h12-14H,2-11H2,1H3. The second-order valence-electron chi connectivity index (χ2n) is 5.75. The average molecular weight is 194 g/mol. The zero-order chi connectivity index (χ0) is 9.80. The molecule has 0 aromatic rings. The van der Waals surface area contributed by atoms with E-state index in [1.54, 1.807) is 25.7 Å². The molecular weight excluding hydrogens is 168 g/mol. The molecular formula is C14H26. The van der Waals surface area contributed by atoms with Gasteiger partial charge in [0.1, 0.15) is 0 Å². The highest BCUT2D eigenvalue weighted by atomic mass is 14.3. The van der Waals surface area contributed by atoms with Crippen LogP contribution in [0.1, 0.15) is 71.1 Å². The molecule has 2 aliphatic carbocycles. The average Bonchev–Trinajstić information content (AvgIpc) is 2.63. The molecule has 2 saturated carbocycles. The Morgan fingerprint density at radius 2 is 1.57 bits per heavy atom. The van der Waals surface area contributed by atoms with Gasteiger partial charge in [-0.25, -0.2) is 0 Å². The molecule has 0 heterocycles. The van der Waals surface area contributed by atoms with Gasteiger partial charge in [-0.15, -0.1) is 0 Å². The Balaban J connectivity index is 1.65. The Labute approximate surface area is 89.5 Å². The van der Waals surface area contributed by atoms with Crippen molar-refractivity contribution in [3.63, 3.8) is 0 Å². The minimum atomic E-state index is 1.04. The van der Waals surface area contributed by atoms with Gasteiger partial charge < -0.3 is 0 Å². The number of hydrogen-bond donors (Lipinski definition) is 0. The monoisotopic (exact) mass is 194 g/mol. The lowest BCUT2D eigenvalue weighted by atomic mass is 9.82. The normalized spacial score (nSPS) is 34.9. The molecule has 0 spiro atoms. The van der Waals surface area contributed by atoms with Gasteiger partial charge in [-0.3, -0.25) is 0 Å². The van der Waals surface area contributed by atoms with Crippen molar-refractivity contribution in [3.05, 3.63) is 0 Å². The maximum Gasteiger partial charge on any atom is -0.0388 e. The topological polar surface area (TPSA) is 0 Å². The highest BCUT2D eigenvalue weighted by molar-refractivity contribution is 4.76. The third-order valence-corrected chi connectivity index (χ3v) is 4.71. The first-order valence-corrected chi connectivity index (χ1v) is 6.86. The summed E-state index contributed by atoms with van der Waals surface area (Å²) in [5.41, 5.74) is 0. The van der Waals surface area contributed by atoms with Gasteiger partial charge in [0.15, 0.2) is 0 Å². The van der Waals surface area contributed by atoms with Crippen molar-refractivity contribution in [1.29, 1.82) is 0 Å². The van der Waals surface area contributed by atoms with Crippen LogP contribution in [0.3, 0.4) is 0 Å². The highest BCUT2D eigenvalue weighted by Crippen LogP contribution is 2.37. The largest absolute Gasteiger partial charge is 0.0622 e. The summed E-state index contributed by atoms with van der Waals surface area (Å²) in [5.74, 6) is 3.24. The molecule has 0 bridgehead atoms. The molecule has 0 radical (unpaired) electrons. The first kappa shape index (κ1) is 10.5. The van der Waals surface area contributed by atoms with Gasteiger partial charge in [-0.05, 0) is 24.2 Å². The summed E-state index contributed by atoms with van der Waals surface area (Å²) < 4.78 is 0. The molecule has 2 fully saturated rings. The molecule has 0 aromatic heterocycles. The molecule has 2 rings (SSSR count). The van der Waals surface area contributed by atoms with Gasteiger partial charge in [-0.1, -0.05) is 64.7 Å². The van der Waals surface area contributed by atoms with Gasteiger partial charge in [0.2, 0.25) is 0 Å². The van der Waals surface area contributed by atoms with Gasteiger partial charge in [0.05, 0.1) is 0 Å². The molecule has 2 unspecified atom stereocenters. The van der Waals surface area contributed by atoms with E-state index in [0.717, 1.165) is 17.8 Å². The Morgan fingerprint density at radius 1 is 0.786 bits per heavy atom. The van der Waals surface area contributed by atoms with Crippen LogP contribution in [0, 0.1) is 17.8 Å².